The number of benzene rings is 2. The van der Waals surface area contributed by atoms with Crippen molar-refractivity contribution < 1.29 is 0 Å². The van der Waals surface area contributed by atoms with Crippen LogP contribution in [0.1, 0.15) is 44.1 Å². The molecule has 1 nitrogen and oxygen atoms in total. The zero-order valence-electron chi connectivity index (χ0n) is 13.8. The Hall–Kier alpha value is -1.31. The number of halogens is 1. The van der Waals surface area contributed by atoms with Crippen LogP contribution < -0.4 is 5.32 Å². The maximum Gasteiger partial charge on any atom is 0.0211 e. The van der Waals surface area contributed by atoms with Gasteiger partial charge in [0.25, 0.3) is 0 Å². The first-order valence-corrected chi connectivity index (χ1v) is 8.77. The van der Waals surface area contributed by atoms with Crippen molar-refractivity contribution in [3.63, 3.8) is 0 Å². The third-order valence-corrected chi connectivity index (χ3v) is 4.87. The summed E-state index contributed by atoms with van der Waals surface area (Å²) in [5.41, 5.74) is 4.07. The van der Waals surface area contributed by atoms with Gasteiger partial charge in [0, 0.05) is 6.54 Å². The molecule has 0 aliphatic heterocycles. The molecule has 3 rings (SSSR count). The van der Waals surface area contributed by atoms with Crippen LogP contribution in [0.25, 0.3) is 11.1 Å². The van der Waals surface area contributed by atoms with E-state index in [0.29, 0.717) is 0 Å². The minimum atomic E-state index is 0. The fourth-order valence-corrected chi connectivity index (χ4v) is 3.58. The first-order valence-electron chi connectivity index (χ1n) is 8.77. The maximum atomic E-state index is 3.66. The second-order valence-electron chi connectivity index (χ2n) is 6.49. The lowest BCUT2D eigenvalue weighted by molar-refractivity contribution is 0.334. The molecule has 1 N–H and O–H groups in total. The van der Waals surface area contributed by atoms with Gasteiger partial charge in [-0.3, -0.25) is 0 Å². The number of hydrogen-bond acceptors (Lipinski definition) is 1. The van der Waals surface area contributed by atoms with E-state index in [9.17, 15) is 0 Å². The molecular formula is C21H28ClN. The van der Waals surface area contributed by atoms with Gasteiger partial charge in [-0.2, -0.15) is 0 Å². The molecule has 23 heavy (non-hydrogen) atoms. The third-order valence-electron chi connectivity index (χ3n) is 4.87. The summed E-state index contributed by atoms with van der Waals surface area (Å²) in [4.78, 5) is 0. The molecule has 0 amide bonds. The van der Waals surface area contributed by atoms with Gasteiger partial charge >= 0.3 is 0 Å². The minimum absolute atomic E-state index is 0. The largest absolute Gasteiger partial charge is 0.313 e. The zero-order chi connectivity index (χ0) is 15.0. The van der Waals surface area contributed by atoms with Crippen LogP contribution in [0.2, 0.25) is 0 Å². The predicted molar refractivity (Wildman–Crippen MR) is 102 cm³/mol. The molecular weight excluding hydrogens is 302 g/mol. The van der Waals surface area contributed by atoms with Gasteiger partial charge in [0.1, 0.15) is 0 Å². The van der Waals surface area contributed by atoms with E-state index in [0.717, 1.165) is 19.0 Å². The average molecular weight is 330 g/mol. The van der Waals surface area contributed by atoms with Gasteiger partial charge in [-0.1, -0.05) is 86.7 Å². The van der Waals surface area contributed by atoms with Crippen molar-refractivity contribution in [2.24, 2.45) is 5.92 Å². The summed E-state index contributed by atoms with van der Waals surface area (Å²) in [6, 6.07) is 19.4. The standard InChI is InChI=1S/C21H27N.ClH/c1-3-9-18(10-4-1)15-16-22-17-20-13-7-8-14-21(20)19-11-5-2-6-12-19;/h2,5-8,11-14,18,22H,1,3-4,9-10,15-17H2;1H. The van der Waals surface area contributed by atoms with Crippen LogP contribution in [0, 0.1) is 5.92 Å². The van der Waals surface area contributed by atoms with Gasteiger partial charge in [-0.25, -0.2) is 0 Å². The van der Waals surface area contributed by atoms with Gasteiger partial charge in [-0.15, -0.1) is 12.4 Å². The molecule has 0 spiro atoms. The fraction of sp³-hybridized carbons (Fsp3) is 0.429. The van der Waals surface area contributed by atoms with Crippen molar-refractivity contribution in [1.29, 1.82) is 0 Å². The number of rotatable bonds is 6. The van der Waals surface area contributed by atoms with Crippen molar-refractivity contribution in [1.82, 2.24) is 5.32 Å². The first-order chi connectivity index (χ1) is 10.9. The van der Waals surface area contributed by atoms with Crippen molar-refractivity contribution in [3.8, 4) is 11.1 Å². The normalized spacial score (nSPS) is 15.1. The molecule has 2 aromatic rings. The van der Waals surface area contributed by atoms with Crippen molar-refractivity contribution in [2.45, 2.75) is 45.1 Å². The third kappa shape index (κ3) is 5.37. The Bertz CT molecular complexity index is 561. The second-order valence-corrected chi connectivity index (χ2v) is 6.49. The zero-order valence-corrected chi connectivity index (χ0v) is 14.7. The van der Waals surface area contributed by atoms with E-state index < -0.39 is 0 Å². The average Bonchev–Trinajstić information content (AvgIpc) is 2.61. The van der Waals surface area contributed by atoms with Crippen LogP contribution in [-0.4, -0.2) is 6.54 Å². The van der Waals surface area contributed by atoms with Crippen LogP contribution in [0.15, 0.2) is 54.6 Å². The Kier molecular flexibility index (Phi) is 7.64. The molecule has 0 radical (unpaired) electrons. The molecule has 2 heteroatoms. The van der Waals surface area contributed by atoms with Crippen LogP contribution in [0.5, 0.6) is 0 Å². The lowest BCUT2D eigenvalue weighted by Crippen LogP contribution is -2.19. The van der Waals surface area contributed by atoms with E-state index in [1.165, 1.54) is 55.2 Å². The molecule has 1 fully saturated rings. The molecule has 0 heterocycles. The highest BCUT2D eigenvalue weighted by Crippen LogP contribution is 2.26. The monoisotopic (exact) mass is 329 g/mol. The lowest BCUT2D eigenvalue weighted by atomic mass is 9.87. The Labute approximate surface area is 146 Å². The molecule has 0 aromatic heterocycles. The van der Waals surface area contributed by atoms with Gasteiger partial charge in [0.15, 0.2) is 0 Å². The van der Waals surface area contributed by atoms with E-state index in [1.54, 1.807) is 0 Å². The van der Waals surface area contributed by atoms with E-state index in [2.05, 4.69) is 59.9 Å². The molecule has 2 aromatic carbocycles. The molecule has 0 atom stereocenters. The predicted octanol–water partition coefficient (Wildman–Crippen LogP) is 5.84. The summed E-state index contributed by atoms with van der Waals surface area (Å²) < 4.78 is 0. The summed E-state index contributed by atoms with van der Waals surface area (Å²) >= 11 is 0. The highest BCUT2D eigenvalue weighted by Gasteiger charge is 2.12. The van der Waals surface area contributed by atoms with Crippen LogP contribution in [-0.2, 0) is 6.54 Å². The lowest BCUT2D eigenvalue weighted by Gasteiger charge is -2.21. The Morgan fingerprint density at radius 1 is 0.826 bits per heavy atom. The Morgan fingerprint density at radius 2 is 1.52 bits per heavy atom. The van der Waals surface area contributed by atoms with Gasteiger partial charge in [0.05, 0.1) is 0 Å². The molecule has 1 aliphatic carbocycles. The van der Waals surface area contributed by atoms with Crippen molar-refractivity contribution in [3.05, 3.63) is 60.2 Å². The Balaban J connectivity index is 0.00000192. The smallest absolute Gasteiger partial charge is 0.0211 e. The molecule has 1 aliphatic rings. The van der Waals surface area contributed by atoms with Gasteiger partial charge in [-0.05, 0) is 35.6 Å². The minimum Gasteiger partial charge on any atom is -0.313 e. The van der Waals surface area contributed by atoms with E-state index in [1.807, 2.05) is 0 Å². The van der Waals surface area contributed by atoms with Crippen LogP contribution >= 0.6 is 12.4 Å². The van der Waals surface area contributed by atoms with E-state index in [-0.39, 0.29) is 12.4 Å². The quantitative estimate of drug-likeness (QED) is 0.657. The van der Waals surface area contributed by atoms with Crippen LogP contribution in [0.3, 0.4) is 0 Å². The first kappa shape index (κ1) is 18.0. The van der Waals surface area contributed by atoms with E-state index >= 15 is 0 Å². The molecule has 1 saturated carbocycles. The summed E-state index contributed by atoms with van der Waals surface area (Å²) in [6.07, 6.45) is 8.58. The van der Waals surface area contributed by atoms with E-state index in [4.69, 9.17) is 0 Å². The summed E-state index contributed by atoms with van der Waals surface area (Å²) in [6.45, 7) is 2.12. The van der Waals surface area contributed by atoms with Crippen LogP contribution in [0.4, 0.5) is 0 Å². The summed E-state index contributed by atoms with van der Waals surface area (Å²) in [5, 5.41) is 3.66. The Morgan fingerprint density at radius 3 is 2.30 bits per heavy atom. The maximum absolute atomic E-state index is 3.66. The van der Waals surface area contributed by atoms with Crippen molar-refractivity contribution >= 4 is 12.4 Å². The highest BCUT2D eigenvalue weighted by atomic mass is 35.5. The summed E-state index contributed by atoms with van der Waals surface area (Å²) in [5.74, 6) is 0.964. The number of hydrogen-bond donors (Lipinski definition) is 1. The highest BCUT2D eigenvalue weighted by molar-refractivity contribution is 5.85. The van der Waals surface area contributed by atoms with Crippen molar-refractivity contribution in [2.75, 3.05) is 6.54 Å². The van der Waals surface area contributed by atoms with Gasteiger partial charge in [0.2, 0.25) is 0 Å². The SMILES string of the molecule is Cl.c1ccc(-c2ccccc2CNCCC2CCCCC2)cc1. The van der Waals surface area contributed by atoms with Gasteiger partial charge < -0.3 is 5.32 Å². The summed E-state index contributed by atoms with van der Waals surface area (Å²) in [7, 11) is 0. The fourth-order valence-electron chi connectivity index (χ4n) is 3.58. The topological polar surface area (TPSA) is 12.0 Å². The molecule has 0 bridgehead atoms. The molecule has 124 valence electrons. The second kappa shape index (κ2) is 9.75. The molecule has 0 unspecified atom stereocenters. The number of nitrogens with one attached hydrogen (secondary N) is 1. The molecule has 0 saturated heterocycles.